The Kier molecular flexibility index (Phi) is 7.70. The first kappa shape index (κ1) is 27.9. The van der Waals surface area contributed by atoms with Crippen molar-refractivity contribution in [3.05, 3.63) is 86.7 Å². The van der Waals surface area contributed by atoms with Crippen molar-refractivity contribution in [1.29, 1.82) is 0 Å². The van der Waals surface area contributed by atoms with Gasteiger partial charge in [0.05, 0.1) is 21.8 Å². The van der Waals surface area contributed by atoms with Crippen LogP contribution in [0.4, 0.5) is 11.5 Å². The van der Waals surface area contributed by atoms with Crippen LogP contribution in [-0.4, -0.2) is 51.0 Å². The molecule has 40 heavy (non-hydrogen) atoms. The molecule has 0 radical (unpaired) electrons. The van der Waals surface area contributed by atoms with E-state index in [4.69, 9.17) is 22.3 Å². The Morgan fingerprint density at radius 3 is 2.62 bits per heavy atom. The summed E-state index contributed by atoms with van der Waals surface area (Å²) in [7, 11) is 0. The van der Waals surface area contributed by atoms with Gasteiger partial charge in [-0.2, -0.15) is 4.98 Å². The number of hydrogen-bond donors (Lipinski definition) is 1. The zero-order chi connectivity index (χ0) is 28.7. The second kappa shape index (κ2) is 11.1. The number of aromatic nitrogens is 3. The molecule has 0 unspecified atom stereocenters. The molecule has 1 aliphatic heterocycles. The third-order valence-corrected chi connectivity index (χ3v) is 8.21. The van der Waals surface area contributed by atoms with Crippen molar-refractivity contribution in [1.82, 2.24) is 19.4 Å². The number of anilines is 2. The van der Waals surface area contributed by atoms with Gasteiger partial charge in [0.1, 0.15) is 5.82 Å². The van der Waals surface area contributed by atoms with Crippen LogP contribution in [-0.2, 0) is 4.79 Å². The van der Waals surface area contributed by atoms with Crippen LogP contribution >= 0.6 is 27.5 Å². The summed E-state index contributed by atoms with van der Waals surface area (Å²) in [6.45, 7) is 11.2. The summed E-state index contributed by atoms with van der Waals surface area (Å²) in [5, 5.41) is 1.04. The van der Waals surface area contributed by atoms with Crippen LogP contribution in [0.25, 0.3) is 28.0 Å². The lowest BCUT2D eigenvalue weighted by Gasteiger charge is -2.40. The fraction of sp³-hybridized carbons (Fsp3) is 0.267. The maximum Gasteiger partial charge on any atom is 0.355 e. The number of halogens is 2. The van der Waals surface area contributed by atoms with Crippen molar-refractivity contribution in [2.24, 2.45) is 0 Å². The molecule has 4 aromatic rings. The molecule has 2 N–H and O–H groups in total. The van der Waals surface area contributed by atoms with Gasteiger partial charge < -0.3 is 15.5 Å². The molecule has 3 heterocycles. The predicted octanol–water partition coefficient (Wildman–Crippen LogP) is 5.79. The first-order valence-electron chi connectivity index (χ1n) is 13.1. The molecular weight excluding hydrogens is 592 g/mol. The summed E-state index contributed by atoms with van der Waals surface area (Å²) in [5.41, 5.74) is 9.59. The lowest BCUT2D eigenvalue weighted by Crippen LogP contribution is -2.54. The van der Waals surface area contributed by atoms with E-state index in [2.05, 4.69) is 41.3 Å². The third kappa shape index (κ3) is 4.99. The summed E-state index contributed by atoms with van der Waals surface area (Å²) in [4.78, 5) is 39.6. The predicted molar refractivity (Wildman–Crippen MR) is 165 cm³/mol. The fourth-order valence-electron chi connectivity index (χ4n) is 5.24. The van der Waals surface area contributed by atoms with Crippen molar-refractivity contribution < 1.29 is 4.79 Å². The number of carbonyl (C=O) groups excluding carboxylic acids is 1. The van der Waals surface area contributed by atoms with Gasteiger partial charge in [-0.15, -0.1) is 0 Å². The normalized spacial score (nSPS) is 15.6. The number of carbonyl (C=O) groups is 1. The van der Waals surface area contributed by atoms with E-state index in [1.54, 1.807) is 21.6 Å². The van der Waals surface area contributed by atoms with E-state index in [9.17, 15) is 9.59 Å². The Morgan fingerprint density at radius 1 is 1.18 bits per heavy atom. The Hall–Kier alpha value is -3.69. The molecule has 8 nitrogen and oxygen atoms in total. The van der Waals surface area contributed by atoms with Crippen LogP contribution in [0.2, 0.25) is 5.02 Å². The number of piperazine rings is 1. The van der Waals surface area contributed by atoms with Gasteiger partial charge >= 0.3 is 5.69 Å². The molecule has 1 saturated heterocycles. The maximum atomic E-state index is 13.9. The molecule has 1 fully saturated rings. The highest BCUT2D eigenvalue weighted by molar-refractivity contribution is 9.10. The van der Waals surface area contributed by atoms with Gasteiger partial charge in [-0.25, -0.2) is 14.3 Å². The van der Waals surface area contributed by atoms with Gasteiger partial charge in [0.25, 0.3) is 0 Å². The van der Waals surface area contributed by atoms with Gasteiger partial charge in [0.2, 0.25) is 5.91 Å². The number of nitrogens with two attached hydrogens (primary N) is 1. The smallest absolute Gasteiger partial charge is 0.355 e. The SMILES string of the molecule is C=CC(=O)N1CCN(c2nc(=O)n(-c3ccccc3C(C)C)c3nc(-c4cc(N)ccc4Br)c(Cl)cc23)[C@@H](C)C1. The van der Waals surface area contributed by atoms with Crippen molar-refractivity contribution in [3.8, 4) is 16.9 Å². The Labute approximate surface area is 246 Å². The highest BCUT2D eigenvalue weighted by Gasteiger charge is 2.30. The summed E-state index contributed by atoms with van der Waals surface area (Å²) in [5.74, 6) is 0.527. The fourth-order valence-corrected chi connectivity index (χ4v) is 5.92. The van der Waals surface area contributed by atoms with Crippen LogP contribution in [0.5, 0.6) is 0 Å². The van der Waals surface area contributed by atoms with Crippen LogP contribution < -0.4 is 16.3 Å². The number of para-hydroxylation sites is 1. The number of nitrogen functional groups attached to an aromatic ring is 1. The quantitative estimate of drug-likeness (QED) is 0.224. The van der Waals surface area contributed by atoms with E-state index in [1.807, 2.05) is 48.2 Å². The second-order valence-electron chi connectivity index (χ2n) is 10.2. The van der Waals surface area contributed by atoms with Crippen LogP contribution in [0.1, 0.15) is 32.3 Å². The number of amides is 1. The molecular formula is C30H30BrClN6O2. The summed E-state index contributed by atoms with van der Waals surface area (Å²) in [6.07, 6.45) is 1.32. The standard InChI is InChI=1S/C30H30BrClN6O2/c1-5-26(39)36-12-13-37(18(4)16-36)28-22-15-24(32)27(21-14-19(33)10-11-23(21)31)34-29(22)38(30(40)35-28)25-9-7-6-8-20(25)17(2)3/h5-11,14-15,17-18H,1,12-13,16,33H2,2-4H3/t18-/m0/s1. The molecule has 0 bridgehead atoms. The third-order valence-electron chi connectivity index (χ3n) is 7.23. The van der Waals surface area contributed by atoms with E-state index in [0.717, 1.165) is 10.0 Å². The van der Waals surface area contributed by atoms with Gasteiger partial charge in [-0.1, -0.05) is 66.2 Å². The van der Waals surface area contributed by atoms with E-state index in [0.29, 0.717) is 64.1 Å². The molecule has 2 aromatic heterocycles. The van der Waals surface area contributed by atoms with Crippen molar-refractivity contribution >= 4 is 56.0 Å². The summed E-state index contributed by atoms with van der Waals surface area (Å²) in [6, 6.07) is 14.9. The first-order valence-corrected chi connectivity index (χ1v) is 14.2. The number of fused-ring (bicyclic) bond motifs is 1. The molecule has 1 aliphatic rings. The van der Waals surface area contributed by atoms with E-state index < -0.39 is 5.69 Å². The monoisotopic (exact) mass is 620 g/mol. The van der Waals surface area contributed by atoms with Gasteiger partial charge in [0, 0.05) is 41.4 Å². The average molecular weight is 622 g/mol. The highest BCUT2D eigenvalue weighted by Crippen LogP contribution is 2.38. The zero-order valence-electron chi connectivity index (χ0n) is 22.6. The minimum atomic E-state index is -0.445. The molecule has 5 rings (SSSR count). The molecule has 206 valence electrons. The maximum absolute atomic E-state index is 13.9. The van der Waals surface area contributed by atoms with Gasteiger partial charge in [0.15, 0.2) is 5.65 Å². The highest BCUT2D eigenvalue weighted by atomic mass is 79.9. The largest absolute Gasteiger partial charge is 0.399 e. The number of benzene rings is 2. The van der Waals surface area contributed by atoms with Crippen LogP contribution in [0.3, 0.4) is 0 Å². The molecule has 2 aromatic carbocycles. The van der Waals surface area contributed by atoms with Gasteiger partial charge in [-0.05, 0) is 54.8 Å². The molecule has 0 spiro atoms. The minimum absolute atomic E-state index is 0.104. The van der Waals surface area contributed by atoms with Crippen molar-refractivity contribution in [2.75, 3.05) is 30.3 Å². The van der Waals surface area contributed by atoms with Gasteiger partial charge in [-0.3, -0.25) is 4.79 Å². The topological polar surface area (TPSA) is 97.4 Å². The molecule has 0 saturated carbocycles. The molecule has 10 heteroatoms. The Morgan fingerprint density at radius 2 is 1.93 bits per heavy atom. The number of nitrogens with zero attached hydrogens (tertiary/aromatic N) is 5. The first-order chi connectivity index (χ1) is 19.1. The number of pyridine rings is 1. The number of hydrogen-bond acceptors (Lipinski definition) is 6. The van der Waals surface area contributed by atoms with Crippen molar-refractivity contribution in [3.63, 3.8) is 0 Å². The lowest BCUT2D eigenvalue weighted by molar-refractivity contribution is -0.126. The molecule has 0 aliphatic carbocycles. The van der Waals surface area contributed by atoms with Crippen molar-refractivity contribution in [2.45, 2.75) is 32.7 Å². The molecule has 1 amide bonds. The van der Waals surface area contributed by atoms with E-state index >= 15 is 0 Å². The Bertz CT molecular complexity index is 1700. The summed E-state index contributed by atoms with van der Waals surface area (Å²) < 4.78 is 2.34. The zero-order valence-corrected chi connectivity index (χ0v) is 24.9. The summed E-state index contributed by atoms with van der Waals surface area (Å²) >= 11 is 10.5. The minimum Gasteiger partial charge on any atom is -0.399 e. The lowest BCUT2D eigenvalue weighted by atomic mass is 10.0. The average Bonchev–Trinajstić information content (AvgIpc) is 2.93. The van der Waals surface area contributed by atoms with Crippen LogP contribution in [0, 0.1) is 0 Å². The van der Waals surface area contributed by atoms with E-state index in [-0.39, 0.29) is 17.9 Å². The Balaban J connectivity index is 1.80. The number of rotatable bonds is 5. The van der Waals surface area contributed by atoms with Crippen LogP contribution in [0.15, 0.2) is 70.5 Å². The second-order valence-corrected chi connectivity index (χ2v) is 11.5. The molecule has 1 atom stereocenters. The van der Waals surface area contributed by atoms with E-state index in [1.165, 1.54) is 6.08 Å².